The third kappa shape index (κ3) is 2.22. The summed E-state index contributed by atoms with van der Waals surface area (Å²) in [5, 5.41) is 16.7. The summed E-state index contributed by atoms with van der Waals surface area (Å²) >= 11 is 0. The first-order chi connectivity index (χ1) is 8.95. The number of ether oxygens (including phenoxy) is 1. The van der Waals surface area contributed by atoms with Crippen LogP contribution in [0, 0.1) is 6.92 Å². The third-order valence-electron chi connectivity index (χ3n) is 2.79. The molecule has 0 aliphatic rings. The molecular weight excluding hydrogens is 254 g/mol. The Morgan fingerprint density at radius 2 is 2.26 bits per heavy atom. The Morgan fingerprint density at radius 1 is 1.58 bits per heavy atom. The van der Waals surface area contributed by atoms with Crippen molar-refractivity contribution in [2.45, 2.75) is 26.5 Å². The average molecular weight is 267 g/mol. The molecule has 0 amide bonds. The lowest BCUT2D eigenvalue weighted by Crippen LogP contribution is -2.30. The van der Waals surface area contributed by atoms with Gasteiger partial charge in [-0.2, -0.15) is 5.10 Å². The van der Waals surface area contributed by atoms with Crippen LogP contribution in [0.4, 0.5) is 0 Å². The fourth-order valence-electron chi connectivity index (χ4n) is 1.73. The Morgan fingerprint density at radius 3 is 2.84 bits per heavy atom. The van der Waals surface area contributed by atoms with Crippen molar-refractivity contribution in [1.29, 1.82) is 0 Å². The molecule has 0 aliphatic carbocycles. The van der Waals surface area contributed by atoms with Gasteiger partial charge in [0.2, 0.25) is 0 Å². The van der Waals surface area contributed by atoms with Crippen LogP contribution in [0.3, 0.4) is 0 Å². The second kappa shape index (κ2) is 4.81. The molecule has 102 valence electrons. The zero-order chi connectivity index (χ0) is 14.2. The van der Waals surface area contributed by atoms with Gasteiger partial charge >= 0.3 is 5.97 Å². The lowest BCUT2D eigenvalue weighted by atomic mass is 10.2. The molecule has 2 rings (SSSR count). The van der Waals surface area contributed by atoms with E-state index < -0.39 is 11.5 Å². The van der Waals surface area contributed by atoms with Crippen molar-refractivity contribution >= 4 is 16.9 Å². The summed E-state index contributed by atoms with van der Waals surface area (Å²) in [4.78, 5) is 23.3. The van der Waals surface area contributed by atoms with Crippen LogP contribution in [0.15, 0.2) is 9.32 Å². The second-order valence-electron chi connectivity index (χ2n) is 4.15. The summed E-state index contributed by atoms with van der Waals surface area (Å²) in [6.45, 7) is 3.41. The molecule has 8 heteroatoms. The van der Waals surface area contributed by atoms with Crippen molar-refractivity contribution in [2.75, 3.05) is 7.11 Å². The van der Waals surface area contributed by atoms with Gasteiger partial charge in [0.1, 0.15) is 5.76 Å². The van der Waals surface area contributed by atoms with Crippen LogP contribution in [-0.4, -0.2) is 39.2 Å². The lowest BCUT2D eigenvalue weighted by Gasteiger charge is -2.11. The minimum atomic E-state index is -1.24. The predicted octanol–water partition coefficient (Wildman–Crippen LogP) is 0.426. The molecule has 0 spiro atoms. The fraction of sp³-hybridized carbons (Fsp3) is 0.455. The van der Waals surface area contributed by atoms with Gasteiger partial charge in [-0.3, -0.25) is 4.79 Å². The maximum Gasteiger partial charge on any atom is 0.357 e. The maximum absolute atomic E-state index is 12.1. The highest BCUT2D eigenvalue weighted by atomic mass is 16.5. The third-order valence-corrected chi connectivity index (χ3v) is 2.79. The molecule has 19 heavy (non-hydrogen) atoms. The van der Waals surface area contributed by atoms with E-state index in [1.807, 2.05) is 0 Å². The summed E-state index contributed by atoms with van der Waals surface area (Å²) in [7, 11) is 1.49. The molecule has 0 bridgehead atoms. The van der Waals surface area contributed by atoms with E-state index in [2.05, 4.69) is 10.3 Å². The Balaban J connectivity index is 2.71. The highest BCUT2D eigenvalue weighted by Crippen LogP contribution is 2.17. The van der Waals surface area contributed by atoms with E-state index in [1.54, 1.807) is 6.92 Å². The molecule has 1 atom stereocenters. The number of hydrogen-bond acceptors (Lipinski definition) is 6. The van der Waals surface area contributed by atoms with E-state index in [4.69, 9.17) is 14.4 Å². The van der Waals surface area contributed by atoms with Crippen molar-refractivity contribution in [1.82, 2.24) is 14.9 Å². The van der Waals surface area contributed by atoms with Crippen molar-refractivity contribution in [3.05, 3.63) is 21.8 Å². The van der Waals surface area contributed by atoms with Crippen molar-refractivity contribution < 1.29 is 19.2 Å². The smallest absolute Gasteiger partial charge is 0.357 e. The minimum Gasteiger partial charge on any atom is -0.476 e. The van der Waals surface area contributed by atoms with Crippen LogP contribution in [0.25, 0.3) is 10.9 Å². The number of nitrogens with zero attached hydrogens (tertiary/aromatic N) is 3. The normalized spacial score (nSPS) is 12.8. The molecule has 2 aromatic rings. The van der Waals surface area contributed by atoms with Gasteiger partial charge in [0.25, 0.3) is 5.56 Å². The Labute approximate surface area is 107 Å². The van der Waals surface area contributed by atoms with Crippen molar-refractivity contribution in [2.24, 2.45) is 0 Å². The SMILES string of the molecule is COC(C)Cn1nc(C(=O)O)c2c(C)onc2c1=O. The molecule has 0 aromatic carbocycles. The molecule has 2 heterocycles. The molecule has 0 aliphatic heterocycles. The quantitative estimate of drug-likeness (QED) is 0.855. The van der Waals surface area contributed by atoms with Gasteiger partial charge in [-0.15, -0.1) is 0 Å². The summed E-state index contributed by atoms with van der Waals surface area (Å²) in [6.07, 6.45) is -0.280. The molecular formula is C11H13N3O5. The number of rotatable bonds is 4. The van der Waals surface area contributed by atoms with Gasteiger partial charge in [0, 0.05) is 7.11 Å². The Kier molecular flexibility index (Phi) is 3.34. The van der Waals surface area contributed by atoms with E-state index >= 15 is 0 Å². The first-order valence-corrected chi connectivity index (χ1v) is 5.59. The lowest BCUT2D eigenvalue weighted by molar-refractivity contribution is 0.0684. The number of hydrogen-bond donors (Lipinski definition) is 1. The van der Waals surface area contributed by atoms with Gasteiger partial charge < -0.3 is 14.4 Å². The van der Waals surface area contributed by atoms with Gasteiger partial charge in [-0.25, -0.2) is 9.48 Å². The number of aromatic carboxylic acids is 1. The van der Waals surface area contributed by atoms with Gasteiger partial charge in [0.15, 0.2) is 11.2 Å². The Hall–Kier alpha value is -2.22. The van der Waals surface area contributed by atoms with Crippen LogP contribution in [0.5, 0.6) is 0 Å². The number of aryl methyl sites for hydroxylation is 1. The molecule has 2 aromatic heterocycles. The molecule has 1 unspecified atom stereocenters. The number of aromatic nitrogens is 3. The minimum absolute atomic E-state index is 0.0341. The van der Waals surface area contributed by atoms with Crippen LogP contribution in [-0.2, 0) is 11.3 Å². The largest absolute Gasteiger partial charge is 0.476 e. The van der Waals surface area contributed by atoms with E-state index in [-0.39, 0.29) is 35.0 Å². The van der Waals surface area contributed by atoms with Crippen LogP contribution >= 0.6 is 0 Å². The predicted molar refractivity (Wildman–Crippen MR) is 64.2 cm³/mol. The fourth-order valence-corrected chi connectivity index (χ4v) is 1.73. The standard InChI is InChI=1S/C11H13N3O5/c1-5(18-3)4-14-10(15)8-7(6(2)19-13-8)9(12-14)11(16)17/h5H,4H2,1-3H3,(H,16,17). The van der Waals surface area contributed by atoms with Gasteiger partial charge in [-0.05, 0) is 13.8 Å². The number of methoxy groups -OCH3 is 1. The first kappa shape index (κ1) is 13.2. The molecule has 0 saturated heterocycles. The van der Waals surface area contributed by atoms with E-state index in [9.17, 15) is 9.59 Å². The Bertz CT molecular complexity index is 687. The summed E-state index contributed by atoms with van der Waals surface area (Å²) in [6, 6.07) is 0. The maximum atomic E-state index is 12.1. The van der Waals surface area contributed by atoms with E-state index in [0.717, 1.165) is 4.68 Å². The van der Waals surface area contributed by atoms with E-state index in [1.165, 1.54) is 14.0 Å². The zero-order valence-corrected chi connectivity index (χ0v) is 10.7. The number of carboxylic acids is 1. The molecule has 0 radical (unpaired) electrons. The van der Waals surface area contributed by atoms with Gasteiger partial charge in [-0.1, -0.05) is 5.16 Å². The molecule has 0 fully saturated rings. The molecule has 0 saturated carbocycles. The topological polar surface area (TPSA) is 107 Å². The average Bonchev–Trinajstić information content (AvgIpc) is 2.75. The van der Waals surface area contributed by atoms with Crippen molar-refractivity contribution in [3.63, 3.8) is 0 Å². The molecule has 8 nitrogen and oxygen atoms in total. The van der Waals surface area contributed by atoms with Crippen LogP contribution in [0.2, 0.25) is 0 Å². The number of carbonyl (C=O) groups is 1. The van der Waals surface area contributed by atoms with Crippen LogP contribution < -0.4 is 5.56 Å². The summed E-state index contributed by atoms with van der Waals surface area (Å²) < 4.78 is 10.9. The highest BCUT2D eigenvalue weighted by molar-refractivity contribution is 6.00. The second-order valence-corrected chi connectivity index (χ2v) is 4.15. The van der Waals surface area contributed by atoms with Crippen LogP contribution in [0.1, 0.15) is 23.2 Å². The molecule has 1 N–H and O–H groups in total. The van der Waals surface area contributed by atoms with E-state index in [0.29, 0.717) is 0 Å². The first-order valence-electron chi connectivity index (χ1n) is 5.59. The summed E-state index contributed by atoms with van der Waals surface area (Å²) in [5.41, 5.74) is -0.786. The number of fused-ring (bicyclic) bond motifs is 1. The highest BCUT2D eigenvalue weighted by Gasteiger charge is 2.22. The monoisotopic (exact) mass is 267 g/mol. The zero-order valence-electron chi connectivity index (χ0n) is 10.7. The number of carboxylic acid groups (broad SMARTS) is 1. The summed E-state index contributed by atoms with van der Waals surface area (Å²) in [5.74, 6) is -0.987. The van der Waals surface area contributed by atoms with Crippen molar-refractivity contribution in [3.8, 4) is 0 Å². The van der Waals surface area contributed by atoms with Gasteiger partial charge in [0.05, 0.1) is 18.0 Å².